The molecule has 134 valence electrons. The first-order valence-electron chi connectivity index (χ1n) is 7.49. The summed E-state index contributed by atoms with van der Waals surface area (Å²) in [6.45, 7) is 0.274. The monoisotopic (exact) mass is 348 g/mol. The summed E-state index contributed by atoms with van der Waals surface area (Å²) in [7, 11) is 5.14. The lowest BCUT2D eigenvalue weighted by atomic mass is 10.2. The average Bonchev–Trinajstić information content (AvgIpc) is 3.09. The van der Waals surface area contributed by atoms with E-state index in [1.54, 1.807) is 12.3 Å². The maximum Gasteiger partial charge on any atom is 0.319 e. The number of benzene rings is 1. The van der Waals surface area contributed by atoms with Gasteiger partial charge in [-0.15, -0.1) is 0 Å². The smallest absolute Gasteiger partial charge is 0.319 e. The number of urea groups is 1. The number of rotatable bonds is 7. The molecule has 2 amide bonds. The second kappa shape index (κ2) is 8.15. The molecule has 0 spiro atoms. The van der Waals surface area contributed by atoms with E-state index in [4.69, 9.17) is 9.15 Å². The van der Waals surface area contributed by atoms with Gasteiger partial charge in [0.2, 0.25) is 0 Å². The highest BCUT2D eigenvalue weighted by Gasteiger charge is 2.20. The number of ether oxygens (including phenoxy) is 1. The van der Waals surface area contributed by atoms with E-state index >= 15 is 0 Å². The summed E-state index contributed by atoms with van der Waals surface area (Å²) in [5, 5.41) is 16.3. The molecule has 9 nitrogen and oxygen atoms in total. The first-order chi connectivity index (χ1) is 11.9. The van der Waals surface area contributed by atoms with E-state index < -0.39 is 11.0 Å². The van der Waals surface area contributed by atoms with Crippen LogP contribution in [0.2, 0.25) is 0 Å². The minimum absolute atomic E-state index is 0.0858. The minimum Gasteiger partial charge on any atom is -0.496 e. The quantitative estimate of drug-likeness (QED) is 0.588. The molecule has 2 N–H and O–H groups in total. The lowest BCUT2D eigenvalue weighted by Gasteiger charge is -2.22. The number of anilines is 1. The number of nitro benzene ring substituents is 1. The third kappa shape index (κ3) is 4.70. The second-order valence-electron chi connectivity index (χ2n) is 5.47. The van der Waals surface area contributed by atoms with E-state index in [0.29, 0.717) is 11.5 Å². The number of methoxy groups -OCH3 is 1. The highest BCUT2D eigenvalue weighted by atomic mass is 16.6. The predicted octanol–water partition coefficient (Wildman–Crippen LogP) is 2.62. The number of likely N-dealkylation sites (N-methyl/N-ethyl adjacent to an activating group) is 1. The van der Waals surface area contributed by atoms with Gasteiger partial charge in [-0.1, -0.05) is 0 Å². The van der Waals surface area contributed by atoms with Gasteiger partial charge in [-0.3, -0.25) is 15.0 Å². The number of carbonyl (C=O) groups excluding carboxylic acids is 1. The number of nitrogens with one attached hydrogen (secondary N) is 2. The van der Waals surface area contributed by atoms with Crippen LogP contribution in [0.25, 0.3) is 0 Å². The third-order valence-corrected chi connectivity index (χ3v) is 3.60. The summed E-state index contributed by atoms with van der Waals surface area (Å²) in [5.41, 5.74) is -0.160. The highest BCUT2D eigenvalue weighted by molar-refractivity contribution is 5.92. The van der Waals surface area contributed by atoms with Crippen LogP contribution in [0.1, 0.15) is 11.8 Å². The molecule has 0 bridgehead atoms. The predicted molar refractivity (Wildman–Crippen MR) is 91.8 cm³/mol. The van der Waals surface area contributed by atoms with Crippen molar-refractivity contribution in [1.82, 2.24) is 10.2 Å². The van der Waals surface area contributed by atoms with Crippen molar-refractivity contribution >= 4 is 17.4 Å². The Balaban J connectivity index is 2.04. The molecule has 0 aliphatic rings. The Morgan fingerprint density at radius 1 is 1.40 bits per heavy atom. The molecule has 2 aromatic rings. The van der Waals surface area contributed by atoms with Crippen LogP contribution in [-0.2, 0) is 0 Å². The number of furan rings is 1. The fourth-order valence-electron chi connectivity index (χ4n) is 2.27. The number of amides is 2. The molecule has 0 saturated heterocycles. The van der Waals surface area contributed by atoms with Gasteiger partial charge in [-0.2, -0.15) is 0 Å². The molecule has 0 aliphatic carbocycles. The van der Waals surface area contributed by atoms with Crippen molar-refractivity contribution in [2.75, 3.05) is 33.1 Å². The Kier molecular flexibility index (Phi) is 5.96. The molecule has 0 radical (unpaired) electrons. The number of hydrogen-bond acceptors (Lipinski definition) is 6. The van der Waals surface area contributed by atoms with Gasteiger partial charge in [0.1, 0.15) is 17.2 Å². The van der Waals surface area contributed by atoms with E-state index in [0.717, 1.165) is 0 Å². The molecule has 1 aromatic carbocycles. The van der Waals surface area contributed by atoms with E-state index in [2.05, 4.69) is 10.6 Å². The van der Waals surface area contributed by atoms with Gasteiger partial charge in [0.15, 0.2) is 0 Å². The van der Waals surface area contributed by atoms with Crippen molar-refractivity contribution < 1.29 is 18.9 Å². The van der Waals surface area contributed by atoms with Crippen LogP contribution in [0.3, 0.4) is 0 Å². The third-order valence-electron chi connectivity index (χ3n) is 3.60. The Hall–Kier alpha value is -3.07. The fourth-order valence-corrected chi connectivity index (χ4v) is 2.27. The van der Waals surface area contributed by atoms with Gasteiger partial charge in [0.25, 0.3) is 5.69 Å². The molecular formula is C16H20N4O5. The Bertz CT molecular complexity index is 730. The SMILES string of the molecule is COc1ccc(NC(=O)NCC(c2ccco2)N(C)C)c([N+](=O)[O-])c1. The summed E-state index contributed by atoms with van der Waals surface area (Å²) >= 11 is 0. The first-order valence-corrected chi connectivity index (χ1v) is 7.49. The molecule has 1 heterocycles. The molecule has 0 saturated carbocycles. The van der Waals surface area contributed by atoms with Gasteiger partial charge < -0.3 is 19.8 Å². The van der Waals surface area contributed by atoms with Crippen LogP contribution >= 0.6 is 0 Å². The minimum atomic E-state index is -0.580. The maximum atomic E-state index is 12.1. The molecule has 0 fully saturated rings. The van der Waals surface area contributed by atoms with Crippen LogP contribution in [-0.4, -0.2) is 43.6 Å². The number of carbonyl (C=O) groups is 1. The highest BCUT2D eigenvalue weighted by Crippen LogP contribution is 2.28. The molecule has 1 atom stereocenters. The zero-order valence-electron chi connectivity index (χ0n) is 14.2. The summed E-state index contributed by atoms with van der Waals surface area (Å²) in [6, 6.07) is 7.09. The van der Waals surface area contributed by atoms with E-state index in [-0.39, 0.29) is 24.0 Å². The molecule has 0 aliphatic heterocycles. The summed E-state index contributed by atoms with van der Waals surface area (Å²) in [5.74, 6) is 1.05. The molecular weight excluding hydrogens is 328 g/mol. The van der Waals surface area contributed by atoms with Gasteiger partial charge in [-0.05, 0) is 38.4 Å². The summed E-state index contributed by atoms with van der Waals surface area (Å²) < 4.78 is 10.3. The van der Waals surface area contributed by atoms with E-state index in [1.807, 2.05) is 25.1 Å². The number of hydrogen-bond donors (Lipinski definition) is 2. The van der Waals surface area contributed by atoms with E-state index in [1.165, 1.54) is 25.3 Å². The van der Waals surface area contributed by atoms with Crippen molar-refractivity contribution in [1.29, 1.82) is 0 Å². The largest absolute Gasteiger partial charge is 0.496 e. The lowest BCUT2D eigenvalue weighted by Crippen LogP contribution is -2.36. The molecule has 25 heavy (non-hydrogen) atoms. The van der Waals surface area contributed by atoms with Crippen LogP contribution < -0.4 is 15.4 Å². The first kappa shape index (κ1) is 18.3. The number of nitro groups is 1. The van der Waals surface area contributed by atoms with Crippen molar-refractivity contribution in [2.45, 2.75) is 6.04 Å². The normalized spacial score (nSPS) is 11.8. The standard InChI is InChI=1S/C16H20N4O5/c1-19(2)14(15-5-4-8-25-15)10-17-16(21)18-12-7-6-11(24-3)9-13(12)20(22)23/h4-9,14H,10H2,1-3H3,(H2,17,18,21). The Morgan fingerprint density at radius 3 is 2.72 bits per heavy atom. The fraction of sp³-hybridized carbons (Fsp3) is 0.312. The van der Waals surface area contributed by atoms with Gasteiger partial charge in [0.05, 0.1) is 30.4 Å². The summed E-state index contributed by atoms with van der Waals surface area (Å²) in [6.07, 6.45) is 1.56. The number of nitrogens with zero attached hydrogens (tertiary/aromatic N) is 2. The van der Waals surface area contributed by atoms with Crippen molar-refractivity contribution in [3.8, 4) is 5.75 Å². The average molecular weight is 348 g/mol. The molecule has 2 rings (SSSR count). The van der Waals surface area contributed by atoms with E-state index in [9.17, 15) is 14.9 Å². The van der Waals surface area contributed by atoms with Crippen molar-refractivity contribution in [2.24, 2.45) is 0 Å². The van der Waals surface area contributed by atoms with Gasteiger partial charge in [0, 0.05) is 6.54 Å². The maximum absolute atomic E-state index is 12.1. The molecule has 9 heteroatoms. The summed E-state index contributed by atoms with van der Waals surface area (Å²) in [4.78, 5) is 24.6. The van der Waals surface area contributed by atoms with Crippen molar-refractivity contribution in [3.05, 3.63) is 52.5 Å². The van der Waals surface area contributed by atoms with Crippen LogP contribution in [0.4, 0.5) is 16.2 Å². The second-order valence-corrected chi connectivity index (χ2v) is 5.47. The topological polar surface area (TPSA) is 110 Å². The lowest BCUT2D eigenvalue weighted by molar-refractivity contribution is -0.384. The van der Waals surface area contributed by atoms with Gasteiger partial charge >= 0.3 is 6.03 Å². The zero-order valence-corrected chi connectivity index (χ0v) is 14.2. The van der Waals surface area contributed by atoms with Crippen LogP contribution in [0, 0.1) is 10.1 Å². The Labute approximate surface area is 144 Å². The molecule has 1 aromatic heterocycles. The van der Waals surface area contributed by atoms with Crippen molar-refractivity contribution in [3.63, 3.8) is 0 Å². The Morgan fingerprint density at radius 2 is 2.16 bits per heavy atom. The zero-order chi connectivity index (χ0) is 18.4. The molecule has 1 unspecified atom stereocenters. The van der Waals surface area contributed by atoms with Gasteiger partial charge in [-0.25, -0.2) is 4.79 Å². The van der Waals surface area contributed by atoms with Crippen LogP contribution in [0.5, 0.6) is 5.75 Å². The van der Waals surface area contributed by atoms with Crippen LogP contribution in [0.15, 0.2) is 41.0 Å².